The molecular formula is C19H24N4O3. The summed E-state index contributed by atoms with van der Waals surface area (Å²) in [6, 6.07) is 9.74. The fraction of sp³-hybridized carbons (Fsp3) is 0.368. The Kier molecular flexibility index (Phi) is 5.78. The van der Waals surface area contributed by atoms with Crippen LogP contribution in [0.15, 0.2) is 41.6 Å². The van der Waals surface area contributed by atoms with Crippen molar-refractivity contribution in [3.8, 4) is 17.2 Å². The fourth-order valence-corrected chi connectivity index (χ4v) is 2.95. The van der Waals surface area contributed by atoms with Crippen LogP contribution in [-0.2, 0) is 0 Å². The highest BCUT2D eigenvalue weighted by atomic mass is 16.5. The lowest BCUT2D eigenvalue weighted by Crippen LogP contribution is -2.44. The number of anilines is 1. The van der Waals surface area contributed by atoms with E-state index in [1.807, 2.05) is 36.5 Å². The van der Waals surface area contributed by atoms with E-state index >= 15 is 0 Å². The molecule has 0 unspecified atom stereocenters. The molecule has 2 heterocycles. The van der Waals surface area contributed by atoms with Crippen LogP contribution in [0.5, 0.6) is 17.2 Å². The maximum Gasteiger partial charge on any atom is 0.203 e. The number of benzene rings is 1. The van der Waals surface area contributed by atoms with Gasteiger partial charge < -0.3 is 19.1 Å². The molecule has 0 amide bonds. The molecule has 0 atom stereocenters. The quantitative estimate of drug-likeness (QED) is 0.740. The summed E-state index contributed by atoms with van der Waals surface area (Å²) in [6.07, 6.45) is 3.63. The molecule has 1 aromatic heterocycles. The van der Waals surface area contributed by atoms with E-state index in [9.17, 15) is 0 Å². The van der Waals surface area contributed by atoms with Crippen molar-refractivity contribution < 1.29 is 14.2 Å². The van der Waals surface area contributed by atoms with Gasteiger partial charge in [0.15, 0.2) is 11.5 Å². The third-order valence-corrected chi connectivity index (χ3v) is 4.32. The average molecular weight is 356 g/mol. The molecule has 26 heavy (non-hydrogen) atoms. The van der Waals surface area contributed by atoms with Crippen molar-refractivity contribution in [1.82, 2.24) is 9.99 Å². The number of hydrazone groups is 1. The Morgan fingerprint density at radius 3 is 2.31 bits per heavy atom. The maximum atomic E-state index is 5.49. The molecule has 0 spiro atoms. The molecular weight excluding hydrogens is 332 g/mol. The van der Waals surface area contributed by atoms with Gasteiger partial charge in [-0.1, -0.05) is 6.07 Å². The van der Waals surface area contributed by atoms with Gasteiger partial charge in [0.1, 0.15) is 5.82 Å². The van der Waals surface area contributed by atoms with E-state index in [-0.39, 0.29) is 0 Å². The number of hydrogen-bond acceptors (Lipinski definition) is 7. The number of piperazine rings is 1. The Morgan fingerprint density at radius 1 is 0.923 bits per heavy atom. The molecule has 1 aromatic carbocycles. The average Bonchev–Trinajstić information content (AvgIpc) is 2.72. The molecule has 0 N–H and O–H groups in total. The summed E-state index contributed by atoms with van der Waals surface area (Å²) in [5, 5.41) is 6.66. The van der Waals surface area contributed by atoms with Crippen molar-refractivity contribution in [3.05, 3.63) is 42.1 Å². The molecule has 138 valence electrons. The first kappa shape index (κ1) is 17.8. The summed E-state index contributed by atoms with van der Waals surface area (Å²) in [5.41, 5.74) is 0.845. The molecule has 1 fully saturated rings. The topological polar surface area (TPSA) is 59.4 Å². The van der Waals surface area contributed by atoms with Crippen LogP contribution in [0.4, 0.5) is 5.82 Å². The van der Waals surface area contributed by atoms with Gasteiger partial charge in [-0.15, -0.1) is 0 Å². The van der Waals surface area contributed by atoms with Gasteiger partial charge in [0.05, 0.1) is 40.6 Å². The summed E-state index contributed by atoms with van der Waals surface area (Å²) in [5.74, 6) is 2.82. The highest BCUT2D eigenvalue weighted by Gasteiger charge is 2.17. The lowest BCUT2D eigenvalue weighted by Gasteiger charge is -2.33. The molecule has 2 aromatic rings. The predicted octanol–water partition coefficient (Wildman–Crippen LogP) is 2.26. The number of pyridine rings is 1. The van der Waals surface area contributed by atoms with Crippen LogP contribution in [0.25, 0.3) is 0 Å². The third-order valence-electron chi connectivity index (χ3n) is 4.32. The molecule has 0 saturated carbocycles. The fourth-order valence-electron chi connectivity index (χ4n) is 2.95. The molecule has 7 nitrogen and oxygen atoms in total. The van der Waals surface area contributed by atoms with Crippen molar-refractivity contribution in [2.75, 3.05) is 52.4 Å². The first-order valence-electron chi connectivity index (χ1n) is 8.50. The number of methoxy groups -OCH3 is 3. The minimum atomic E-state index is 0.568. The highest BCUT2D eigenvalue weighted by molar-refractivity contribution is 5.86. The van der Waals surface area contributed by atoms with E-state index in [2.05, 4.69) is 20.0 Å². The SMILES string of the molecule is COc1ccc(/C=N/N2CCN(c3ccccn3)CC2)c(OC)c1OC. The van der Waals surface area contributed by atoms with Crippen molar-refractivity contribution >= 4 is 12.0 Å². The van der Waals surface area contributed by atoms with E-state index < -0.39 is 0 Å². The molecule has 1 aliphatic rings. The van der Waals surface area contributed by atoms with E-state index in [0.29, 0.717) is 17.2 Å². The summed E-state index contributed by atoms with van der Waals surface area (Å²) in [4.78, 5) is 6.67. The van der Waals surface area contributed by atoms with Crippen LogP contribution in [0.3, 0.4) is 0 Å². The summed E-state index contributed by atoms with van der Waals surface area (Å²) < 4.78 is 16.2. The summed E-state index contributed by atoms with van der Waals surface area (Å²) in [6.45, 7) is 3.44. The Labute approximate surface area is 153 Å². The van der Waals surface area contributed by atoms with Crippen LogP contribution in [0.2, 0.25) is 0 Å². The first-order chi connectivity index (χ1) is 12.8. The zero-order valence-corrected chi connectivity index (χ0v) is 15.4. The number of hydrogen-bond donors (Lipinski definition) is 0. The maximum absolute atomic E-state index is 5.49. The van der Waals surface area contributed by atoms with Crippen LogP contribution >= 0.6 is 0 Å². The van der Waals surface area contributed by atoms with Crippen LogP contribution in [0, 0.1) is 0 Å². The van der Waals surface area contributed by atoms with E-state index in [1.54, 1.807) is 27.5 Å². The molecule has 0 bridgehead atoms. The second kappa shape index (κ2) is 8.42. The molecule has 3 rings (SSSR count). The van der Waals surface area contributed by atoms with Crippen LogP contribution in [0.1, 0.15) is 5.56 Å². The zero-order chi connectivity index (χ0) is 18.4. The van der Waals surface area contributed by atoms with Gasteiger partial charge in [-0.2, -0.15) is 5.10 Å². The van der Waals surface area contributed by atoms with Gasteiger partial charge in [0, 0.05) is 24.8 Å². The lowest BCUT2D eigenvalue weighted by atomic mass is 10.2. The number of ether oxygens (including phenoxy) is 3. The Bertz CT molecular complexity index is 744. The molecule has 7 heteroatoms. The minimum Gasteiger partial charge on any atom is -0.493 e. The van der Waals surface area contributed by atoms with Crippen LogP contribution in [-0.4, -0.2) is 63.7 Å². The van der Waals surface area contributed by atoms with Crippen molar-refractivity contribution in [3.63, 3.8) is 0 Å². The second-order valence-corrected chi connectivity index (χ2v) is 5.80. The monoisotopic (exact) mass is 356 g/mol. The van der Waals surface area contributed by atoms with E-state index in [0.717, 1.165) is 37.6 Å². The second-order valence-electron chi connectivity index (χ2n) is 5.80. The molecule has 0 radical (unpaired) electrons. The Balaban J connectivity index is 1.68. The largest absolute Gasteiger partial charge is 0.493 e. The summed E-state index contributed by atoms with van der Waals surface area (Å²) in [7, 11) is 4.81. The smallest absolute Gasteiger partial charge is 0.203 e. The van der Waals surface area contributed by atoms with Crippen molar-refractivity contribution in [1.29, 1.82) is 0 Å². The number of rotatable bonds is 6. The van der Waals surface area contributed by atoms with Gasteiger partial charge in [-0.05, 0) is 24.3 Å². The van der Waals surface area contributed by atoms with Gasteiger partial charge in [-0.25, -0.2) is 4.98 Å². The molecule has 0 aliphatic carbocycles. The number of nitrogens with zero attached hydrogens (tertiary/aromatic N) is 4. The number of aromatic nitrogens is 1. The van der Waals surface area contributed by atoms with Crippen molar-refractivity contribution in [2.24, 2.45) is 5.10 Å². The van der Waals surface area contributed by atoms with Gasteiger partial charge in [-0.3, -0.25) is 5.01 Å². The van der Waals surface area contributed by atoms with Crippen LogP contribution < -0.4 is 19.1 Å². The predicted molar refractivity (Wildman–Crippen MR) is 102 cm³/mol. The highest BCUT2D eigenvalue weighted by Crippen LogP contribution is 2.39. The normalized spacial score (nSPS) is 14.6. The Morgan fingerprint density at radius 2 is 1.69 bits per heavy atom. The Hall–Kier alpha value is -2.96. The summed E-state index contributed by atoms with van der Waals surface area (Å²) >= 11 is 0. The zero-order valence-electron chi connectivity index (χ0n) is 15.4. The third kappa shape index (κ3) is 3.82. The van der Waals surface area contributed by atoms with Crippen molar-refractivity contribution in [2.45, 2.75) is 0 Å². The minimum absolute atomic E-state index is 0.568. The first-order valence-corrected chi connectivity index (χ1v) is 8.50. The molecule has 1 saturated heterocycles. The van der Waals surface area contributed by atoms with Gasteiger partial charge in [0.25, 0.3) is 0 Å². The van der Waals surface area contributed by atoms with E-state index in [4.69, 9.17) is 14.2 Å². The van der Waals surface area contributed by atoms with E-state index in [1.165, 1.54) is 0 Å². The standard InChI is InChI=1S/C19H24N4O3/c1-24-16-8-7-15(18(25-2)19(16)26-3)14-21-23-12-10-22(11-13-23)17-6-4-5-9-20-17/h4-9,14H,10-13H2,1-3H3/b21-14+. The lowest BCUT2D eigenvalue weighted by molar-refractivity contribution is 0.271. The molecule has 1 aliphatic heterocycles. The van der Waals surface area contributed by atoms with Gasteiger partial charge >= 0.3 is 0 Å². The van der Waals surface area contributed by atoms with Gasteiger partial charge in [0.2, 0.25) is 5.75 Å².